The quantitative estimate of drug-likeness (QED) is 0.479. The Hall–Kier alpha value is -2.91. The van der Waals surface area contributed by atoms with Crippen LogP contribution in [0.1, 0.15) is 32.3 Å². The van der Waals surface area contributed by atoms with E-state index in [9.17, 15) is 18.0 Å². The Kier molecular flexibility index (Phi) is 9.87. The van der Waals surface area contributed by atoms with Crippen molar-refractivity contribution in [3.63, 3.8) is 0 Å². The van der Waals surface area contributed by atoms with Gasteiger partial charge in [0.15, 0.2) is 0 Å². The van der Waals surface area contributed by atoms with E-state index < -0.39 is 28.7 Å². The van der Waals surface area contributed by atoms with Gasteiger partial charge in [-0.3, -0.25) is 9.59 Å². The number of para-hydroxylation sites is 1. The molecule has 180 valence electrons. The van der Waals surface area contributed by atoms with E-state index in [1.807, 2.05) is 37.3 Å². The molecule has 2 rings (SSSR count). The largest absolute Gasteiger partial charge is 0.354 e. The van der Waals surface area contributed by atoms with Gasteiger partial charge >= 0.3 is 10.2 Å². The molecular formula is C24H34N4O4S. The van der Waals surface area contributed by atoms with E-state index in [1.165, 1.54) is 19.0 Å². The van der Waals surface area contributed by atoms with Crippen LogP contribution in [-0.4, -0.2) is 62.7 Å². The number of anilines is 1. The first kappa shape index (κ1) is 26.3. The SMILES string of the molecule is CCCCNC(=O)[C@H](C)N(Cc1ccccc1)C(=O)CN(c1ccccc1)S(=O)(=O)N(C)C. The molecule has 33 heavy (non-hydrogen) atoms. The number of rotatable bonds is 12. The van der Waals surface area contributed by atoms with Gasteiger partial charge in [-0.05, 0) is 31.0 Å². The molecule has 8 nitrogen and oxygen atoms in total. The summed E-state index contributed by atoms with van der Waals surface area (Å²) in [4.78, 5) is 27.7. The zero-order valence-corrected chi connectivity index (χ0v) is 20.6. The molecule has 0 saturated heterocycles. The maximum atomic E-state index is 13.5. The summed E-state index contributed by atoms with van der Waals surface area (Å²) in [7, 11) is -1.10. The minimum absolute atomic E-state index is 0.187. The summed E-state index contributed by atoms with van der Waals surface area (Å²) >= 11 is 0. The Bertz CT molecular complexity index is 998. The summed E-state index contributed by atoms with van der Waals surface area (Å²) in [6.45, 7) is 3.98. The molecule has 0 unspecified atom stereocenters. The van der Waals surface area contributed by atoms with Crippen LogP contribution in [0.5, 0.6) is 0 Å². The molecule has 0 spiro atoms. The number of hydrogen-bond donors (Lipinski definition) is 1. The second-order valence-electron chi connectivity index (χ2n) is 7.96. The third kappa shape index (κ3) is 7.30. The lowest BCUT2D eigenvalue weighted by Crippen LogP contribution is -2.52. The van der Waals surface area contributed by atoms with Crippen molar-refractivity contribution in [2.45, 2.75) is 39.3 Å². The highest BCUT2D eigenvalue weighted by Gasteiger charge is 2.32. The predicted octanol–water partition coefficient (Wildman–Crippen LogP) is 2.63. The summed E-state index contributed by atoms with van der Waals surface area (Å²) in [5.41, 5.74) is 1.22. The highest BCUT2D eigenvalue weighted by atomic mass is 32.2. The number of carbonyl (C=O) groups excluding carboxylic acids is 2. The summed E-state index contributed by atoms with van der Waals surface area (Å²) in [5.74, 6) is -0.735. The number of amides is 2. The Morgan fingerprint density at radius 3 is 2.09 bits per heavy atom. The van der Waals surface area contributed by atoms with Gasteiger partial charge in [-0.2, -0.15) is 12.7 Å². The van der Waals surface area contributed by atoms with Crippen LogP contribution in [0, 0.1) is 0 Å². The van der Waals surface area contributed by atoms with Crippen LogP contribution in [0.25, 0.3) is 0 Å². The number of nitrogens with one attached hydrogen (secondary N) is 1. The number of benzene rings is 2. The molecule has 0 bridgehead atoms. The molecule has 2 aromatic carbocycles. The van der Waals surface area contributed by atoms with Crippen LogP contribution in [0.4, 0.5) is 5.69 Å². The lowest BCUT2D eigenvalue weighted by Gasteiger charge is -2.32. The fraction of sp³-hybridized carbons (Fsp3) is 0.417. The monoisotopic (exact) mass is 474 g/mol. The molecule has 0 aliphatic rings. The first-order valence-corrected chi connectivity index (χ1v) is 12.4. The van der Waals surface area contributed by atoms with Crippen molar-refractivity contribution in [2.75, 3.05) is 31.5 Å². The zero-order valence-electron chi connectivity index (χ0n) is 19.8. The molecule has 0 fully saturated rings. The first-order chi connectivity index (χ1) is 15.7. The molecule has 1 atom stereocenters. The van der Waals surface area contributed by atoms with Gasteiger partial charge in [-0.15, -0.1) is 0 Å². The van der Waals surface area contributed by atoms with Gasteiger partial charge < -0.3 is 10.2 Å². The summed E-state index contributed by atoms with van der Waals surface area (Å²) in [5, 5.41) is 2.87. The molecule has 0 saturated carbocycles. The summed E-state index contributed by atoms with van der Waals surface area (Å²) in [6.07, 6.45) is 1.78. The minimum Gasteiger partial charge on any atom is -0.354 e. The Morgan fingerprint density at radius 2 is 1.55 bits per heavy atom. The van der Waals surface area contributed by atoms with Gasteiger partial charge in [-0.1, -0.05) is 61.9 Å². The summed E-state index contributed by atoms with van der Waals surface area (Å²) < 4.78 is 28.2. The standard InChI is InChI=1S/C24H34N4O4S/c1-5-6-17-25-24(30)20(2)27(18-21-13-9-7-10-14-21)23(29)19-28(33(31,32)26(3)4)22-15-11-8-12-16-22/h7-16,20H,5-6,17-19H2,1-4H3,(H,25,30)/t20-/m0/s1. The lowest BCUT2D eigenvalue weighted by atomic mass is 10.1. The van der Waals surface area contributed by atoms with Crippen molar-refractivity contribution < 1.29 is 18.0 Å². The van der Waals surface area contributed by atoms with Crippen molar-refractivity contribution >= 4 is 27.7 Å². The molecule has 0 radical (unpaired) electrons. The first-order valence-electron chi connectivity index (χ1n) is 11.0. The van der Waals surface area contributed by atoms with E-state index in [2.05, 4.69) is 5.32 Å². The van der Waals surface area contributed by atoms with Gasteiger partial charge in [0.1, 0.15) is 12.6 Å². The van der Waals surface area contributed by atoms with Crippen LogP contribution in [0.2, 0.25) is 0 Å². The average Bonchev–Trinajstić information content (AvgIpc) is 2.81. The Morgan fingerprint density at radius 1 is 0.970 bits per heavy atom. The summed E-state index contributed by atoms with van der Waals surface area (Å²) in [6, 6.07) is 17.0. The Balaban J connectivity index is 2.35. The van der Waals surface area contributed by atoms with Crippen molar-refractivity contribution in [1.82, 2.24) is 14.5 Å². The molecule has 2 amide bonds. The zero-order chi connectivity index (χ0) is 24.4. The molecule has 0 aliphatic heterocycles. The molecular weight excluding hydrogens is 440 g/mol. The van der Waals surface area contributed by atoms with Crippen LogP contribution in [0.3, 0.4) is 0 Å². The minimum atomic E-state index is -3.94. The topological polar surface area (TPSA) is 90.0 Å². The van der Waals surface area contributed by atoms with Crippen LogP contribution >= 0.6 is 0 Å². The van der Waals surface area contributed by atoms with E-state index >= 15 is 0 Å². The third-order valence-electron chi connectivity index (χ3n) is 5.26. The maximum Gasteiger partial charge on any atom is 0.304 e. The normalized spacial score (nSPS) is 12.3. The van der Waals surface area contributed by atoms with Gasteiger partial charge in [-0.25, -0.2) is 4.31 Å². The predicted molar refractivity (Wildman–Crippen MR) is 131 cm³/mol. The smallest absolute Gasteiger partial charge is 0.304 e. The van der Waals surface area contributed by atoms with E-state index in [0.29, 0.717) is 12.2 Å². The highest BCUT2D eigenvalue weighted by Crippen LogP contribution is 2.20. The molecule has 2 aromatic rings. The van der Waals surface area contributed by atoms with Gasteiger partial charge in [0.05, 0.1) is 5.69 Å². The van der Waals surface area contributed by atoms with Crippen LogP contribution in [-0.2, 0) is 26.3 Å². The van der Waals surface area contributed by atoms with Gasteiger partial charge in [0.25, 0.3) is 0 Å². The van der Waals surface area contributed by atoms with E-state index in [4.69, 9.17) is 0 Å². The average molecular weight is 475 g/mol. The molecule has 0 aromatic heterocycles. The second kappa shape index (κ2) is 12.4. The molecule has 0 heterocycles. The van der Waals surface area contributed by atoms with E-state index in [1.54, 1.807) is 37.3 Å². The van der Waals surface area contributed by atoms with Gasteiger partial charge in [0, 0.05) is 27.2 Å². The van der Waals surface area contributed by atoms with Crippen LogP contribution < -0.4 is 9.62 Å². The number of nitrogens with zero attached hydrogens (tertiary/aromatic N) is 3. The molecule has 1 N–H and O–H groups in total. The Labute approximate surface area is 197 Å². The van der Waals surface area contributed by atoms with E-state index in [0.717, 1.165) is 27.0 Å². The van der Waals surface area contributed by atoms with Crippen molar-refractivity contribution in [2.24, 2.45) is 0 Å². The van der Waals surface area contributed by atoms with Crippen molar-refractivity contribution in [1.29, 1.82) is 0 Å². The van der Waals surface area contributed by atoms with Gasteiger partial charge in [0.2, 0.25) is 11.8 Å². The fourth-order valence-electron chi connectivity index (χ4n) is 3.21. The third-order valence-corrected chi connectivity index (χ3v) is 7.08. The molecule has 9 heteroatoms. The fourth-order valence-corrected chi connectivity index (χ4v) is 4.27. The lowest BCUT2D eigenvalue weighted by molar-refractivity contribution is -0.139. The molecule has 0 aliphatic carbocycles. The van der Waals surface area contributed by atoms with E-state index in [-0.39, 0.29) is 12.5 Å². The van der Waals surface area contributed by atoms with Crippen molar-refractivity contribution in [3.05, 3.63) is 66.2 Å². The highest BCUT2D eigenvalue weighted by molar-refractivity contribution is 7.90. The number of carbonyl (C=O) groups is 2. The van der Waals surface area contributed by atoms with Crippen LogP contribution in [0.15, 0.2) is 60.7 Å². The number of hydrogen-bond acceptors (Lipinski definition) is 4. The second-order valence-corrected chi connectivity index (χ2v) is 10.0. The number of unbranched alkanes of at least 4 members (excludes halogenated alkanes) is 1. The maximum absolute atomic E-state index is 13.5. The van der Waals surface area contributed by atoms with Crippen molar-refractivity contribution in [3.8, 4) is 0 Å².